The Morgan fingerprint density at radius 3 is 2.20 bits per heavy atom. The van der Waals surface area contributed by atoms with Crippen molar-refractivity contribution in [1.82, 2.24) is 0 Å². The Labute approximate surface area is 238 Å². The van der Waals surface area contributed by atoms with E-state index >= 15 is 0 Å². The zero-order chi connectivity index (χ0) is 30.6. The van der Waals surface area contributed by atoms with Gasteiger partial charge in [-0.25, -0.2) is 32.7 Å². The second-order valence-electron chi connectivity index (χ2n) is 8.63. The van der Waals surface area contributed by atoms with Crippen LogP contribution in [0.2, 0.25) is 0 Å². The lowest BCUT2D eigenvalue weighted by Gasteiger charge is -2.18. The Morgan fingerprint density at radius 1 is 0.927 bits per heavy atom. The van der Waals surface area contributed by atoms with Gasteiger partial charge in [0.2, 0.25) is 10.0 Å². The van der Waals surface area contributed by atoms with Crippen LogP contribution in [0.4, 0.5) is 5.69 Å². The molecule has 3 N–H and O–H groups in total. The zero-order valence-corrected chi connectivity index (χ0v) is 24.0. The van der Waals surface area contributed by atoms with Crippen molar-refractivity contribution >= 4 is 39.6 Å². The predicted molar refractivity (Wildman–Crippen MR) is 146 cm³/mol. The van der Waals surface area contributed by atoms with Crippen molar-refractivity contribution in [3.05, 3.63) is 48.0 Å². The molecule has 2 aromatic carbocycles. The Kier molecular flexibility index (Phi) is 12.5. The van der Waals surface area contributed by atoms with E-state index in [9.17, 15) is 27.6 Å². The van der Waals surface area contributed by atoms with E-state index in [-0.39, 0.29) is 23.6 Å². The quantitative estimate of drug-likeness (QED) is 0.175. The molecule has 0 heterocycles. The van der Waals surface area contributed by atoms with Crippen LogP contribution in [0.5, 0.6) is 11.5 Å². The Balaban J connectivity index is 2.19. The summed E-state index contributed by atoms with van der Waals surface area (Å²) >= 11 is 0. The van der Waals surface area contributed by atoms with Gasteiger partial charge in [-0.1, -0.05) is 31.5 Å². The van der Waals surface area contributed by atoms with E-state index in [1.54, 1.807) is 37.3 Å². The minimum absolute atomic E-state index is 0.0917. The molecule has 0 aliphatic rings. The molecule has 0 saturated heterocycles. The van der Waals surface area contributed by atoms with Crippen LogP contribution in [0.3, 0.4) is 0 Å². The minimum Gasteiger partial charge on any atom is -0.463 e. The van der Waals surface area contributed by atoms with Gasteiger partial charge in [0.1, 0.15) is 10.6 Å². The van der Waals surface area contributed by atoms with Crippen LogP contribution in [-0.2, 0) is 43.4 Å². The molecule has 2 rings (SSSR count). The summed E-state index contributed by atoms with van der Waals surface area (Å²) in [6.07, 6.45) is -1.07. The maximum atomic E-state index is 12.8. The highest BCUT2D eigenvalue weighted by Crippen LogP contribution is 2.37. The highest BCUT2D eigenvalue weighted by Gasteiger charge is 2.27. The molecule has 2 unspecified atom stereocenters. The van der Waals surface area contributed by atoms with E-state index in [1.165, 1.54) is 19.9 Å². The molecule has 0 saturated carbocycles. The van der Waals surface area contributed by atoms with Gasteiger partial charge in [0.05, 0.1) is 17.9 Å². The fraction of sp³-hybridized carbons (Fsp3) is 0.407. The molecule has 0 bridgehead atoms. The molecule has 13 nitrogen and oxygen atoms in total. The number of hydrogen-bond donors (Lipinski definition) is 2. The first kappa shape index (κ1) is 33.0. The van der Waals surface area contributed by atoms with Gasteiger partial charge >= 0.3 is 23.9 Å². The second-order valence-corrected chi connectivity index (χ2v) is 10.2. The highest BCUT2D eigenvalue weighted by atomic mass is 32.2. The Morgan fingerprint density at radius 2 is 1.59 bits per heavy atom. The molecule has 0 spiro atoms. The molecule has 14 heteroatoms. The molecule has 0 aliphatic carbocycles. The van der Waals surface area contributed by atoms with Crippen LogP contribution in [0.1, 0.15) is 50.9 Å². The third-order valence-electron chi connectivity index (χ3n) is 5.28. The zero-order valence-electron chi connectivity index (χ0n) is 23.2. The minimum atomic E-state index is -4.39. The van der Waals surface area contributed by atoms with Gasteiger partial charge in [-0.2, -0.15) is 0 Å². The first-order valence-corrected chi connectivity index (χ1v) is 14.3. The SMILES string of the molecule is CCCCNc1cc(C(=O)OCC(=O)OC(C)C(=O)OC(C)C(=O)OCC)cc(S(N)(=O)=O)c1Oc1ccccc1. The number of anilines is 1. The molecule has 0 amide bonds. The number of para-hydroxylation sites is 1. The van der Waals surface area contributed by atoms with Crippen molar-refractivity contribution < 1.29 is 51.3 Å². The highest BCUT2D eigenvalue weighted by molar-refractivity contribution is 7.89. The molecule has 2 aromatic rings. The summed E-state index contributed by atoms with van der Waals surface area (Å²) in [5.74, 6) is -3.73. The number of ether oxygens (including phenoxy) is 5. The lowest BCUT2D eigenvalue weighted by molar-refractivity contribution is -0.177. The van der Waals surface area contributed by atoms with Gasteiger partial charge in [0.25, 0.3) is 0 Å². The number of carbonyl (C=O) groups is 4. The first-order valence-electron chi connectivity index (χ1n) is 12.8. The number of nitrogens with two attached hydrogens (primary N) is 1. The topological polar surface area (TPSA) is 187 Å². The van der Waals surface area contributed by atoms with E-state index in [0.29, 0.717) is 12.3 Å². The normalized spacial score (nSPS) is 12.4. The number of benzene rings is 2. The van der Waals surface area contributed by atoms with Gasteiger partial charge in [0, 0.05) is 6.54 Å². The van der Waals surface area contributed by atoms with E-state index in [0.717, 1.165) is 18.9 Å². The average Bonchev–Trinajstić information content (AvgIpc) is 2.92. The number of sulfonamides is 1. The summed E-state index contributed by atoms with van der Waals surface area (Å²) in [6.45, 7) is 5.67. The fourth-order valence-electron chi connectivity index (χ4n) is 3.24. The molecule has 0 aromatic heterocycles. The number of hydrogen-bond acceptors (Lipinski definition) is 12. The monoisotopic (exact) mass is 594 g/mol. The van der Waals surface area contributed by atoms with Crippen LogP contribution < -0.4 is 15.2 Å². The third kappa shape index (κ3) is 10.4. The maximum Gasteiger partial charge on any atom is 0.347 e. The molecule has 0 fully saturated rings. The largest absolute Gasteiger partial charge is 0.463 e. The van der Waals surface area contributed by atoms with E-state index < -0.39 is 57.6 Å². The molecule has 2 atom stereocenters. The number of rotatable bonds is 15. The number of unbranched alkanes of at least 4 members (excludes halogenated alkanes) is 1. The molecule has 224 valence electrons. The van der Waals surface area contributed by atoms with Gasteiger partial charge in [-0.3, -0.25) is 0 Å². The molecule has 0 aliphatic heterocycles. The van der Waals surface area contributed by atoms with Gasteiger partial charge in [-0.15, -0.1) is 0 Å². The summed E-state index contributed by atoms with van der Waals surface area (Å²) in [5, 5.41) is 8.49. The van der Waals surface area contributed by atoms with Crippen molar-refractivity contribution in [2.24, 2.45) is 5.14 Å². The van der Waals surface area contributed by atoms with Crippen molar-refractivity contribution in [2.75, 3.05) is 25.1 Å². The summed E-state index contributed by atoms with van der Waals surface area (Å²) in [4.78, 5) is 48.2. The molecular weight excluding hydrogens is 560 g/mol. The van der Waals surface area contributed by atoms with Crippen LogP contribution in [0.25, 0.3) is 0 Å². The van der Waals surface area contributed by atoms with E-state index in [2.05, 4.69) is 5.32 Å². The van der Waals surface area contributed by atoms with Crippen LogP contribution in [-0.4, -0.2) is 64.3 Å². The van der Waals surface area contributed by atoms with Crippen LogP contribution in [0, 0.1) is 0 Å². The van der Waals surface area contributed by atoms with Gasteiger partial charge in [-0.05, 0) is 51.5 Å². The van der Waals surface area contributed by atoms with E-state index in [1.807, 2.05) is 6.92 Å². The molecular formula is C27H34N2O11S. The summed E-state index contributed by atoms with van der Waals surface area (Å²) < 4.78 is 50.3. The number of primary sulfonamides is 1. The Bertz CT molecular complexity index is 1330. The van der Waals surface area contributed by atoms with Crippen molar-refractivity contribution in [2.45, 2.75) is 57.6 Å². The summed E-state index contributed by atoms with van der Waals surface area (Å²) in [7, 11) is -4.39. The molecule has 0 radical (unpaired) electrons. The molecule has 41 heavy (non-hydrogen) atoms. The fourth-order valence-corrected chi connectivity index (χ4v) is 3.94. The lowest BCUT2D eigenvalue weighted by atomic mass is 10.1. The standard InChI is InChI=1S/C27H34N2O11S/c1-5-7-13-29-21-14-19(15-22(41(28,34)35)24(21)40-20-11-9-8-10-12-20)27(33)37-16-23(30)38-18(4)26(32)39-17(3)25(31)36-6-2/h8-12,14-15,17-18,29H,5-7,13,16H2,1-4H3,(H2,28,34,35). The smallest absolute Gasteiger partial charge is 0.347 e. The van der Waals surface area contributed by atoms with Gasteiger partial charge < -0.3 is 29.0 Å². The number of esters is 4. The average molecular weight is 595 g/mol. The van der Waals surface area contributed by atoms with Crippen molar-refractivity contribution in [3.63, 3.8) is 0 Å². The predicted octanol–water partition coefficient (Wildman–Crippen LogP) is 2.92. The van der Waals surface area contributed by atoms with Crippen molar-refractivity contribution in [1.29, 1.82) is 0 Å². The third-order valence-corrected chi connectivity index (χ3v) is 6.19. The number of carbonyl (C=O) groups excluding carboxylic acids is 4. The van der Waals surface area contributed by atoms with Gasteiger partial charge in [0.15, 0.2) is 24.6 Å². The maximum absolute atomic E-state index is 12.8. The van der Waals surface area contributed by atoms with E-state index in [4.69, 9.17) is 28.8 Å². The van der Waals surface area contributed by atoms with Crippen molar-refractivity contribution in [3.8, 4) is 11.5 Å². The second kappa shape index (κ2) is 15.6. The number of nitrogens with one attached hydrogen (secondary N) is 1. The summed E-state index contributed by atoms with van der Waals surface area (Å²) in [5.41, 5.74) is -0.0765. The Hall–Kier alpha value is -4.17. The first-order chi connectivity index (χ1) is 19.4. The summed E-state index contributed by atoms with van der Waals surface area (Å²) in [6, 6.07) is 10.7. The lowest BCUT2D eigenvalue weighted by Crippen LogP contribution is -2.34. The van der Waals surface area contributed by atoms with Crippen LogP contribution >= 0.6 is 0 Å². The van der Waals surface area contributed by atoms with Crippen LogP contribution in [0.15, 0.2) is 47.4 Å².